The molecule has 0 saturated carbocycles. The predicted octanol–water partition coefficient (Wildman–Crippen LogP) is 3.34. The normalized spacial score (nSPS) is 17.6. The van der Waals surface area contributed by atoms with Crippen LogP contribution in [0.1, 0.15) is 30.5 Å². The minimum Gasteiger partial charge on any atom is -0.624 e. The fourth-order valence-electron chi connectivity index (χ4n) is 4.28. The molecule has 0 atom stereocenters. The number of rotatable bonds is 8. The summed E-state index contributed by atoms with van der Waals surface area (Å²) < 4.78 is 17.8. The Labute approximate surface area is 200 Å². The first-order valence-corrected chi connectivity index (χ1v) is 11.8. The predicted molar refractivity (Wildman–Crippen MR) is 131 cm³/mol. The molecule has 0 spiro atoms. The summed E-state index contributed by atoms with van der Waals surface area (Å²) in [5, 5.41) is 12.7. The fraction of sp³-hybridized carbons (Fsp3) is 0.407. The smallest absolute Gasteiger partial charge is 0.345 e. The topological polar surface area (TPSA) is 74.1 Å². The average molecular weight is 465 g/mol. The molecule has 1 aliphatic heterocycles. The van der Waals surface area contributed by atoms with Crippen molar-refractivity contribution in [2.45, 2.75) is 13.8 Å². The lowest BCUT2D eigenvalue weighted by Crippen LogP contribution is -2.38. The number of carbonyl (C=O) groups excluding carboxylic acids is 1. The Morgan fingerprint density at radius 1 is 1.12 bits per heavy atom. The molecule has 2 aromatic carbocycles. The van der Waals surface area contributed by atoms with Crippen molar-refractivity contribution in [3.63, 3.8) is 0 Å². The highest BCUT2D eigenvalue weighted by Gasteiger charge is 2.39. The van der Waals surface area contributed by atoms with Gasteiger partial charge in [-0.3, -0.25) is 4.90 Å². The highest BCUT2D eigenvalue weighted by atomic mass is 16.5. The van der Waals surface area contributed by atoms with Crippen LogP contribution in [-0.4, -0.2) is 74.4 Å². The summed E-state index contributed by atoms with van der Waals surface area (Å²) in [5.74, 6) is 0.361. The summed E-state index contributed by atoms with van der Waals surface area (Å²) in [6, 6.07) is 15.3. The Hall–Kier alpha value is -3.16. The van der Waals surface area contributed by atoms with Crippen molar-refractivity contribution in [1.29, 1.82) is 0 Å². The molecule has 7 heteroatoms. The minimum atomic E-state index is -0.490. The first-order valence-electron chi connectivity index (χ1n) is 11.8. The molecule has 0 radical (unpaired) electrons. The van der Waals surface area contributed by atoms with Gasteiger partial charge in [-0.1, -0.05) is 44.2 Å². The Bertz CT molecular complexity index is 1080. The van der Waals surface area contributed by atoms with Gasteiger partial charge in [0.25, 0.3) is 0 Å². The summed E-state index contributed by atoms with van der Waals surface area (Å²) in [6.45, 7) is 8.88. The largest absolute Gasteiger partial charge is 0.624 e. The van der Waals surface area contributed by atoms with Gasteiger partial charge in [0.15, 0.2) is 0 Å². The molecule has 0 amide bonds. The van der Waals surface area contributed by atoms with Gasteiger partial charge < -0.3 is 19.4 Å². The first-order chi connectivity index (χ1) is 16.5. The third-order valence-corrected chi connectivity index (χ3v) is 5.91. The summed E-state index contributed by atoms with van der Waals surface area (Å²) in [4.78, 5) is 15.5. The average Bonchev–Trinajstić information content (AvgIpc) is 3.18. The van der Waals surface area contributed by atoms with Gasteiger partial charge in [-0.2, -0.15) is 0 Å². The van der Waals surface area contributed by atoms with E-state index in [2.05, 4.69) is 4.90 Å². The molecule has 1 fully saturated rings. The zero-order valence-corrected chi connectivity index (χ0v) is 20.1. The molecular weight excluding hydrogens is 432 g/mol. The third kappa shape index (κ3) is 5.32. The van der Waals surface area contributed by atoms with Crippen molar-refractivity contribution in [2.75, 3.05) is 53.1 Å². The van der Waals surface area contributed by atoms with Gasteiger partial charge in [0.1, 0.15) is 25.0 Å². The van der Waals surface area contributed by atoms with Crippen LogP contribution in [0.25, 0.3) is 5.57 Å². The molecule has 0 aromatic heterocycles. The number of morpholine rings is 1. The second-order valence-corrected chi connectivity index (χ2v) is 8.96. The third-order valence-electron chi connectivity index (χ3n) is 5.91. The van der Waals surface area contributed by atoms with Crippen molar-refractivity contribution in [2.24, 2.45) is 5.92 Å². The highest BCUT2D eigenvalue weighted by Crippen LogP contribution is 2.40. The van der Waals surface area contributed by atoms with E-state index in [-0.39, 0.29) is 12.5 Å². The number of carbonyl (C=O) groups is 1. The number of hydrogen-bond acceptors (Lipinski definition) is 6. The van der Waals surface area contributed by atoms with Crippen LogP contribution in [0.5, 0.6) is 5.75 Å². The maximum atomic E-state index is 13.2. The molecule has 2 aromatic rings. The standard InChI is InChI=1S/C27H32N2O5/c1-19(2)18-34-27(30)25-24(20-7-5-4-6-8-20)22-10-9-21(17-23(22)26(25)28(3)31)33-16-13-29-11-14-32-15-12-29/h4-10,17,19H,11-16,18H2,1-3H3/b28-26+. The number of esters is 1. The molecule has 0 unspecified atom stereocenters. The van der Waals surface area contributed by atoms with Gasteiger partial charge in [0.05, 0.1) is 25.4 Å². The Morgan fingerprint density at radius 2 is 1.85 bits per heavy atom. The second-order valence-electron chi connectivity index (χ2n) is 8.96. The molecule has 2 aliphatic rings. The van der Waals surface area contributed by atoms with Gasteiger partial charge in [-0.25, -0.2) is 9.53 Å². The molecular formula is C27H32N2O5. The molecule has 34 heavy (non-hydrogen) atoms. The summed E-state index contributed by atoms with van der Waals surface area (Å²) in [5.41, 5.74) is 3.67. The highest BCUT2D eigenvalue weighted by molar-refractivity contribution is 6.35. The molecule has 180 valence electrons. The van der Waals surface area contributed by atoms with Crippen molar-refractivity contribution in [1.82, 2.24) is 4.90 Å². The van der Waals surface area contributed by atoms with Crippen molar-refractivity contribution >= 4 is 17.3 Å². The van der Waals surface area contributed by atoms with Gasteiger partial charge in [-0.15, -0.1) is 0 Å². The van der Waals surface area contributed by atoms with E-state index < -0.39 is 5.97 Å². The lowest BCUT2D eigenvalue weighted by molar-refractivity contribution is -0.421. The zero-order chi connectivity index (χ0) is 24.1. The summed E-state index contributed by atoms with van der Waals surface area (Å²) in [7, 11) is 1.41. The number of hydroxylamine groups is 1. The van der Waals surface area contributed by atoms with Gasteiger partial charge in [-0.05, 0) is 35.2 Å². The van der Waals surface area contributed by atoms with Crippen LogP contribution in [0.15, 0.2) is 54.1 Å². The SMILES string of the molecule is CC(C)COC(=O)C1=C(c2ccccc2)c2ccc(OCCN3CCOCC3)cc2/C1=[N+](/C)[O-]. The fourth-order valence-corrected chi connectivity index (χ4v) is 4.28. The van der Waals surface area contributed by atoms with Crippen LogP contribution in [0, 0.1) is 11.1 Å². The van der Waals surface area contributed by atoms with E-state index >= 15 is 0 Å². The van der Waals surface area contributed by atoms with E-state index in [1.165, 1.54) is 7.05 Å². The zero-order valence-electron chi connectivity index (χ0n) is 20.1. The Morgan fingerprint density at radius 3 is 2.53 bits per heavy atom. The van der Waals surface area contributed by atoms with E-state index in [0.29, 0.717) is 34.8 Å². The summed E-state index contributed by atoms with van der Waals surface area (Å²) in [6.07, 6.45) is 0. The Balaban J connectivity index is 1.66. The number of fused-ring (bicyclic) bond motifs is 1. The minimum absolute atomic E-state index is 0.188. The van der Waals surface area contributed by atoms with Gasteiger partial charge in [0, 0.05) is 25.2 Å². The molecule has 4 rings (SSSR count). The van der Waals surface area contributed by atoms with Crippen molar-refractivity contribution in [3.05, 3.63) is 76.0 Å². The lowest BCUT2D eigenvalue weighted by Gasteiger charge is -2.26. The van der Waals surface area contributed by atoms with Crippen molar-refractivity contribution in [3.8, 4) is 5.75 Å². The quantitative estimate of drug-likeness (QED) is 0.258. The van der Waals surface area contributed by atoms with Crippen LogP contribution in [0.3, 0.4) is 0 Å². The summed E-state index contributed by atoms with van der Waals surface area (Å²) >= 11 is 0. The van der Waals surface area contributed by atoms with Crippen LogP contribution < -0.4 is 4.74 Å². The van der Waals surface area contributed by atoms with Crippen LogP contribution in [0.2, 0.25) is 0 Å². The molecule has 0 N–H and O–H groups in total. The number of benzene rings is 2. The monoisotopic (exact) mass is 464 g/mol. The van der Waals surface area contributed by atoms with E-state index in [1.807, 2.05) is 62.4 Å². The van der Waals surface area contributed by atoms with Crippen molar-refractivity contribution < 1.29 is 23.7 Å². The van der Waals surface area contributed by atoms with E-state index in [9.17, 15) is 10.0 Å². The van der Waals surface area contributed by atoms with Gasteiger partial charge >= 0.3 is 5.97 Å². The van der Waals surface area contributed by atoms with E-state index in [1.54, 1.807) is 0 Å². The van der Waals surface area contributed by atoms with E-state index in [0.717, 1.165) is 48.7 Å². The van der Waals surface area contributed by atoms with Crippen LogP contribution >= 0.6 is 0 Å². The maximum Gasteiger partial charge on any atom is 0.345 e. The van der Waals surface area contributed by atoms with Gasteiger partial charge in [0.2, 0.25) is 5.71 Å². The number of hydrogen-bond donors (Lipinski definition) is 0. The number of nitrogens with zero attached hydrogens (tertiary/aromatic N) is 2. The molecule has 7 nitrogen and oxygen atoms in total. The Kier molecular flexibility index (Phi) is 7.65. The van der Waals surface area contributed by atoms with E-state index in [4.69, 9.17) is 14.2 Å². The van der Waals surface area contributed by atoms with Crippen LogP contribution in [-0.2, 0) is 14.3 Å². The number of ether oxygens (including phenoxy) is 3. The second kappa shape index (κ2) is 10.8. The molecule has 0 bridgehead atoms. The molecule has 1 heterocycles. The molecule has 1 saturated heterocycles. The van der Waals surface area contributed by atoms with Crippen LogP contribution in [0.4, 0.5) is 0 Å². The lowest BCUT2D eigenvalue weighted by atomic mass is 9.97. The maximum absolute atomic E-state index is 13.2. The first kappa shape index (κ1) is 24.0. The molecule has 1 aliphatic carbocycles.